The molecule has 0 unspecified atom stereocenters. The molecule has 0 aliphatic heterocycles. The van der Waals surface area contributed by atoms with Gasteiger partial charge < -0.3 is 14.2 Å². The van der Waals surface area contributed by atoms with Gasteiger partial charge in [0.25, 0.3) is 5.88 Å². The monoisotopic (exact) mass is 338 g/mol. The summed E-state index contributed by atoms with van der Waals surface area (Å²) in [5.41, 5.74) is 1.17. The van der Waals surface area contributed by atoms with Crippen LogP contribution in [0.15, 0.2) is 57.8 Å². The predicted octanol–water partition coefficient (Wildman–Crippen LogP) is 3.25. The topological polar surface area (TPSA) is 75.2 Å². The minimum absolute atomic E-state index is 0.166. The lowest BCUT2D eigenvalue weighted by molar-refractivity contribution is 0.298. The molecule has 2 aromatic heterocycles. The van der Waals surface area contributed by atoms with Crippen LogP contribution in [0.1, 0.15) is 0 Å². The van der Waals surface area contributed by atoms with Crippen molar-refractivity contribution in [1.29, 1.82) is 0 Å². The van der Waals surface area contributed by atoms with E-state index in [1.54, 1.807) is 44.6 Å². The molecule has 0 saturated carbocycles. The smallest absolute Gasteiger partial charge is 0.445 e. The summed E-state index contributed by atoms with van der Waals surface area (Å²) in [6, 6.07) is 14.3. The molecule has 126 valence electrons. The number of rotatable bonds is 4. The quantitative estimate of drug-likeness (QED) is 0.568. The zero-order valence-electron chi connectivity index (χ0n) is 13.6. The normalized spacial score (nSPS) is 11.0. The lowest BCUT2D eigenvalue weighted by atomic mass is 10.2. The van der Waals surface area contributed by atoms with Gasteiger partial charge in [-0.15, -0.1) is 0 Å². The number of ether oxygens (including phenoxy) is 3. The second-order valence-corrected chi connectivity index (χ2v) is 5.30. The van der Waals surface area contributed by atoms with Gasteiger partial charge >= 0.3 is 5.76 Å². The second-order valence-electron chi connectivity index (χ2n) is 5.30. The van der Waals surface area contributed by atoms with Gasteiger partial charge in [-0.3, -0.25) is 4.52 Å². The number of para-hydroxylation sites is 2. The van der Waals surface area contributed by atoms with Crippen LogP contribution in [0.5, 0.6) is 23.1 Å². The van der Waals surface area contributed by atoms with E-state index >= 15 is 0 Å². The minimum Gasteiger partial charge on any atom is -0.497 e. The van der Waals surface area contributed by atoms with Gasteiger partial charge in [-0.05, 0) is 41.6 Å². The van der Waals surface area contributed by atoms with Crippen LogP contribution in [-0.2, 0) is 0 Å². The largest absolute Gasteiger partial charge is 0.497 e. The molecule has 0 radical (unpaired) electrons. The number of aromatic nitrogens is 2. The Hall–Kier alpha value is -3.48. The first kappa shape index (κ1) is 15.1. The molecule has 0 aliphatic rings. The van der Waals surface area contributed by atoms with E-state index in [9.17, 15) is 4.79 Å². The second kappa shape index (κ2) is 5.86. The number of hydrogen-bond donors (Lipinski definition) is 0. The minimum atomic E-state index is -0.595. The first-order valence-electron chi connectivity index (χ1n) is 7.51. The summed E-state index contributed by atoms with van der Waals surface area (Å²) >= 11 is 0. The van der Waals surface area contributed by atoms with E-state index in [0.717, 1.165) is 5.39 Å². The van der Waals surface area contributed by atoms with Crippen LogP contribution in [-0.4, -0.2) is 23.8 Å². The average Bonchev–Trinajstić information content (AvgIpc) is 3.04. The van der Waals surface area contributed by atoms with Crippen molar-refractivity contribution in [2.24, 2.45) is 0 Å². The Morgan fingerprint density at radius 3 is 2.52 bits per heavy atom. The van der Waals surface area contributed by atoms with Crippen molar-refractivity contribution in [3.8, 4) is 23.1 Å². The highest BCUT2D eigenvalue weighted by molar-refractivity contribution is 5.89. The fraction of sp³-hybridized carbons (Fsp3) is 0.111. The highest BCUT2D eigenvalue weighted by Gasteiger charge is 2.16. The molecule has 2 aromatic carbocycles. The summed E-state index contributed by atoms with van der Waals surface area (Å²) in [4.78, 5) is 12.2. The molecule has 0 aliphatic carbocycles. The van der Waals surface area contributed by atoms with Crippen LogP contribution < -0.4 is 20.0 Å². The third kappa shape index (κ3) is 2.46. The van der Waals surface area contributed by atoms with Gasteiger partial charge in [0.1, 0.15) is 11.3 Å². The molecule has 0 saturated heterocycles. The van der Waals surface area contributed by atoms with Crippen molar-refractivity contribution in [1.82, 2.24) is 9.56 Å². The maximum Gasteiger partial charge on any atom is 0.445 e. The zero-order valence-corrected chi connectivity index (χ0v) is 13.6. The van der Waals surface area contributed by atoms with Gasteiger partial charge in [-0.2, -0.15) is 0 Å². The molecule has 0 amide bonds. The van der Waals surface area contributed by atoms with Gasteiger partial charge in [0.05, 0.1) is 19.7 Å². The summed E-state index contributed by atoms with van der Waals surface area (Å²) in [5.74, 6) is 1.28. The first-order valence-corrected chi connectivity index (χ1v) is 7.51. The van der Waals surface area contributed by atoms with Gasteiger partial charge in [-0.1, -0.05) is 12.1 Å². The van der Waals surface area contributed by atoms with Crippen LogP contribution in [0, 0.1) is 0 Å². The van der Waals surface area contributed by atoms with Gasteiger partial charge in [0, 0.05) is 5.39 Å². The van der Waals surface area contributed by atoms with E-state index in [4.69, 9.17) is 18.7 Å². The fourth-order valence-electron chi connectivity index (χ4n) is 2.72. The number of benzene rings is 2. The van der Waals surface area contributed by atoms with Crippen LogP contribution in [0.2, 0.25) is 0 Å². The molecule has 0 bridgehead atoms. The van der Waals surface area contributed by atoms with E-state index < -0.39 is 5.76 Å². The number of hydrogen-bond acceptors (Lipinski definition) is 6. The Bertz CT molecular complexity index is 1130. The molecule has 2 heterocycles. The van der Waals surface area contributed by atoms with Crippen molar-refractivity contribution >= 4 is 16.4 Å². The summed E-state index contributed by atoms with van der Waals surface area (Å²) in [5, 5.41) is 4.61. The Morgan fingerprint density at radius 2 is 1.76 bits per heavy atom. The Labute approximate surface area is 141 Å². The summed E-state index contributed by atoms with van der Waals surface area (Å²) in [6.45, 7) is 0. The van der Waals surface area contributed by atoms with E-state index in [-0.39, 0.29) is 5.88 Å². The Kier molecular flexibility index (Phi) is 3.53. The summed E-state index contributed by atoms with van der Waals surface area (Å²) < 4.78 is 22.6. The van der Waals surface area contributed by atoms with Crippen molar-refractivity contribution in [3.63, 3.8) is 0 Å². The number of fused-ring (bicyclic) bond motifs is 3. The highest BCUT2D eigenvalue weighted by atomic mass is 16.6. The van der Waals surface area contributed by atoms with Crippen LogP contribution in [0.4, 0.5) is 0 Å². The van der Waals surface area contributed by atoms with Crippen LogP contribution >= 0.6 is 0 Å². The van der Waals surface area contributed by atoms with E-state index in [2.05, 4.69) is 5.16 Å². The van der Waals surface area contributed by atoms with Crippen molar-refractivity contribution in [3.05, 3.63) is 59.1 Å². The van der Waals surface area contributed by atoms with Crippen molar-refractivity contribution in [2.45, 2.75) is 0 Å². The number of methoxy groups -OCH3 is 2. The van der Waals surface area contributed by atoms with E-state index in [0.29, 0.717) is 28.3 Å². The Balaban J connectivity index is 1.93. The molecule has 25 heavy (non-hydrogen) atoms. The van der Waals surface area contributed by atoms with E-state index in [1.807, 2.05) is 18.2 Å². The number of nitrogens with zero attached hydrogens (tertiary/aromatic N) is 2. The van der Waals surface area contributed by atoms with Crippen LogP contribution in [0.3, 0.4) is 0 Å². The van der Waals surface area contributed by atoms with Gasteiger partial charge in [-0.25, -0.2) is 9.20 Å². The SMILES string of the molecule is COc1ccc2c(c1)cc1c(Oc3ccccc3OC)noc(=O)n12. The summed E-state index contributed by atoms with van der Waals surface area (Å²) in [6.07, 6.45) is 0. The molecule has 7 nitrogen and oxygen atoms in total. The standard InChI is InChI=1S/C18H14N2O5/c1-22-12-7-8-13-11(9-12)10-14-17(19-25-18(21)20(13)14)24-16-6-4-3-5-15(16)23-2/h3-10H,1-2H3. The maximum absolute atomic E-state index is 12.2. The first-order chi connectivity index (χ1) is 12.2. The lowest BCUT2D eigenvalue weighted by Crippen LogP contribution is -2.12. The van der Waals surface area contributed by atoms with Gasteiger partial charge in [0.15, 0.2) is 11.5 Å². The molecular weight excluding hydrogens is 324 g/mol. The fourth-order valence-corrected chi connectivity index (χ4v) is 2.72. The van der Waals surface area contributed by atoms with Crippen molar-refractivity contribution in [2.75, 3.05) is 14.2 Å². The average molecular weight is 338 g/mol. The molecule has 0 atom stereocenters. The molecular formula is C18H14N2O5. The molecule has 0 spiro atoms. The molecule has 4 aromatic rings. The third-order valence-corrected chi connectivity index (χ3v) is 3.89. The molecule has 0 fully saturated rings. The predicted molar refractivity (Wildman–Crippen MR) is 90.9 cm³/mol. The molecule has 4 rings (SSSR count). The Morgan fingerprint density at radius 1 is 0.960 bits per heavy atom. The maximum atomic E-state index is 12.2. The van der Waals surface area contributed by atoms with Crippen LogP contribution in [0.25, 0.3) is 16.4 Å². The van der Waals surface area contributed by atoms with Gasteiger partial charge in [0.2, 0.25) is 0 Å². The lowest BCUT2D eigenvalue weighted by Gasteiger charge is -2.09. The zero-order chi connectivity index (χ0) is 17.4. The molecule has 0 N–H and O–H groups in total. The summed E-state index contributed by atoms with van der Waals surface area (Å²) in [7, 11) is 3.14. The third-order valence-electron chi connectivity index (χ3n) is 3.89. The molecule has 7 heteroatoms. The highest BCUT2D eigenvalue weighted by Crippen LogP contribution is 2.33. The van der Waals surface area contributed by atoms with Crippen molar-refractivity contribution < 1.29 is 18.7 Å². The van der Waals surface area contributed by atoms with E-state index in [1.165, 1.54) is 4.40 Å².